The Bertz CT molecular complexity index is 1570. The Morgan fingerprint density at radius 2 is 1.78 bits per heavy atom. The number of nitrogens with zero attached hydrogens (tertiary/aromatic N) is 4. The molecular weight excluding hydrogens is 492 g/mol. The van der Waals surface area contributed by atoms with E-state index in [0.717, 1.165) is 5.56 Å². The number of rotatable bonds is 8. The Morgan fingerprint density at radius 1 is 1.00 bits per heavy atom. The first-order valence-electron chi connectivity index (χ1n) is 11.3. The molecule has 0 unspecified atom stereocenters. The lowest BCUT2D eigenvalue weighted by atomic mass is 10.0. The summed E-state index contributed by atoms with van der Waals surface area (Å²) < 4.78 is 62.5. The van der Waals surface area contributed by atoms with E-state index in [2.05, 4.69) is 14.8 Å². The Balaban J connectivity index is 1.30. The third-order valence-corrected chi connectivity index (χ3v) is 5.81. The zero-order valence-electron chi connectivity index (χ0n) is 19.3. The predicted molar refractivity (Wildman–Crippen MR) is 127 cm³/mol. The van der Waals surface area contributed by atoms with E-state index in [1.54, 1.807) is 24.4 Å². The minimum Gasteiger partial charge on any atom is -0.445 e. The van der Waals surface area contributed by atoms with Crippen LogP contribution in [0.4, 0.5) is 17.6 Å². The molecule has 3 aromatic heterocycles. The number of halogens is 4. The largest absolute Gasteiger partial charge is 0.573 e. The Kier molecular flexibility index (Phi) is 6.51. The van der Waals surface area contributed by atoms with Crippen LogP contribution in [-0.4, -0.2) is 25.5 Å². The van der Waals surface area contributed by atoms with Crippen molar-refractivity contribution in [1.82, 2.24) is 19.2 Å². The number of hydrogen-bond acceptors (Lipinski definition) is 5. The first kappa shape index (κ1) is 24.3. The van der Waals surface area contributed by atoms with E-state index in [-0.39, 0.29) is 11.4 Å². The van der Waals surface area contributed by atoms with E-state index in [9.17, 15) is 22.4 Å². The molecule has 5 aromatic rings. The van der Waals surface area contributed by atoms with Crippen molar-refractivity contribution in [1.29, 1.82) is 0 Å². The molecule has 0 aliphatic heterocycles. The van der Waals surface area contributed by atoms with Crippen molar-refractivity contribution >= 4 is 5.65 Å². The topological polar surface area (TPSA) is 74.6 Å². The number of alkyl halides is 4. The third-order valence-electron chi connectivity index (χ3n) is 5.81. The smallest absolute Gasteiger partial charge is 0.445 e. The second-order valence-electron chi connectivity index (χ2n) is 8.29. The number of fused-ring (bicyclic) bond motifs is 1. The summed E-state index contributed by atoms with van der Waals surface area (Å²) in [6.07, 6.45) is 0.999. The van der Waals surface area contributed by atoms with E-state index in [1.165, 1.54) is 45.8 Å². The molecule has 0 bridgehead atoms. The van der Waals surface area contributed by atoms with Gasteiger partial charge in [0.05, 0.1) is 6.20 Å². The maximum Gasteiger partial charge on any atom is 0.573 e. The average molecular weight is 512 g/mol. The lowest BCUT2D eigenvalue weighted by Crippen LogP contribution is -2.21. The van der Waals surface area contributed by atoms with E-state index < -0.39 is 13.0 Å². The maximum absolute atomic E-state index is 13.4. The number of hydrogen-bond donors (Lipinski definition) is 0. The highest BCUT2D eigenvalue weighted by molar-refractivity contribution is 5.65. The van der Waals surface area contributed by atoms with Gasteiger partial charge in [0, 0.05) is 18.3 Å². The molecule has 0 N–H and O–H groups in total. The quantitative estimate of drug-likeness (QED) is 0.245. The number of aromatic nitrogens is 4. The van der Waals surface area contributed by atoms with Gasteiger partial charge < -0.3 is 9.15 Å². The van der Waals surface area contributed by atoms with Crippen molar-refractivity contribution in [3.8, 4) is 28.3 Å². The van der Waals surface area contributed by atoms with Crippen molar-refractivity contribution < 1.29 is 26.7 Å². The molecule has 37 heavy (non-hydrogen) atoms. The Labute approximate surface area is 207 Å². The zero-order valence-corrected chi connectivity index (χ0v) is 19.3. The molecule has 190 valence electrons. The molecule has 0 radical (unpaired) electrons. The van der Waals surface area contributed by atoms with Gasteiger partial charge in [0.1, 0.15) is 18.7 Å². The molecule has 0 atom stereocenters. The van der Waals surface area contributed by atoms with Gasteiger partial charge in [0.2, 0.25) is 5.89 Å². The van der Waals surface area contributed by atoms with Crippen molar-refractivity contribution in [2.24, 2.45) is 0 Å². The van der Waals surface area contributed by atoms with E-state index in [0.29, 0.717) is 53.2 Å². The first-order valence-corrected chi connectivity index (χ1v) is 11.3. The molecule has 0 saturated carbocycles. The number of benzene rings is 2. The van der Waals surface area contributed by atoms with Crippen LogP contribution in [0.2, 0.25) is 0 Å². The van der Waals surface area contributed by atoms with Crippen LogP contribution in [0.1, 0.15) is 17.5 Å². The lowest BCUT2D eigenvalue weighted by Gasteiger charge is -2.09. The van der Waals surface area contributed by atoms with Crippen molar-refractivity contribution in [3.63, 3.8) is 0 Å². The number of aryl methyl sites for hydroxylation is 2. The Morgan fingerprint density at radius 3 is 2.49 bits per heavy atom. The summed E-state index contributed by atoms with van der Waals surface area (Å²) in [5, 5.41) is 4.37. The zero-order chi connectivity index (χ0) is 26.0. The van der Waals surface area contributed by atoms with E-state index in [1.807, 2.05) is 12.1 Å². The van der Waals surface area contributed by atoms with Crippen LogP contribution in [0.5, 0.6) is 5.75 Å². The number of pyridine rings is 1. The summed E-state index contributed by atoms with van der Waals surface area (Å²) in [6.45, 7) is -0.277. The molecule has 3 heterocycles. The normalized spacial score (nSPS) is 11.8. The molecule has 0 aliphatic carbocycles. The fourth-order valence-corrected chi connectivity index (χ4v) is 4.07. The highest BCUT2D eigenvalue weighted by Gasteiger charge is 2.31. The summed E-state index contributed by atoms with van der Waals surface area (Å²) in [5.74, 6) is 0.0265. The van der Waals surface area contributed by atoms with Crippen LogP contribution in [0, 0.1) is 0 Å². The Hall–Kier alpha value is -4.41. The van der Waals surface area contributed by atoms with E-state index in [4.69, 9.17) is 4.42 Å². The maximum atomic E-state index is 13.4. The average Bonchev–Trinajstić information content (AvgIpc) is 3.52. The monoisotopic (exact) mass is 512 g/mol. The highest BCUT2D eigenvalue weighted by atomic mass is 19.4. The molecule has 0 aliphatic rings. The minimum absolute atomic E-state index is 0.325. The van der Waals surface area contributed by atoms with Gasteiger partial charge in [-0.2, -0.15) is 0 Å². The second-order valence-corrected chi connectivity index (χ2v) is 8.29. The molecule has 0 spiro atoms. The third kappa shape index (κ3) is 5.40. The first-order chi connectivity index (χ1) is 17.8. The fourth-order valence-electron chi connectivity index (χ4n) is 4.07. The summed E-state index contributed by atoms with van der Waals surface area (Å²) in [6, 6.07) is 14.2. The standard InChI is InChI=1S/C26H20F4N4O3/c27-15-19-4-3-17(14-22(19)24-31-11-13-36-24)2-1-12-34-25(35)33-16-20(7-10-23(33)32-34)18-5-8-21(9-6-18)37-26(28,29)30/h3-11,13-14,16H,1-2,12,15H2. The van der Waals surface area contributed by atoms with Gasteiger partial charge in [-0.25, -0.2) is 23.3 Å². The summed E-state index contributed by atoms with van der Waals surface area (Å²) >= 11 is 0. The van der Waals surface area contributed by atoms with E-state index >= 15 is 0 Å². The van der Waals surface area contributed by atoms with Gasteiger partial charge in [-0.3, -0.25) is 0 Å². The highest BCUT2D eigenvalue weighted by Crippen LogP contribution is 2.27. The summed E-state index contributed by atoms with van der Waals surface area (Å²) in [5.41, 5.74) is 3.41. The molecule has 11 heteroatoms. The summed E-state index contributed by atoms with van der Waals surface area (Å²) in [4.78, 5) is 17.0. The molecule has 7 nitrogen and oxygen atoms in total. The lowest BCUT2D eigenvalue weighted by molar-refractivity contribution is -0.274. The molecule has 5 rings (SSSR count). The predicted octanol–water partition coefficient (Wildman–Crippen LogP) is 5.82. The van der Waals surface area contributed by atoms with Crippen molar-refractivity contribution in [2.45, 2.75) is 32.4 Å². The molecular formula is C26H20F4N4O3. The fraction of sp³-hybridized carbons (Fsp3) is 0.192. The van der Waals surface area contributed by atoms with Gasteiger partial charge in [0.25, 0.3) is 0 Å². The van der Waals surface area contributed by atoms with Gasteiger partial charge in [0.15, 0.2) is 5.65 Å². The van der Waals surface area contributed by atoms with Crippen LogP contribution in [-0.2, 0) is 19.6 Å². The van der Waals surface area contributed by atoms with Crippen molar-refractivity contribution in [3.05, 3.63) is 94.9 Å². The van der Waals surface area contributed by atoms with Gasteiger partial charge in [-0.1, -0.05) is 24.3 Å². The van der Waals surface area contributed by atoms with Crippen LogP contribution < -0.4 is 10.4 Å². The molecule has 0 amide bonds. The summed E-state index contributed by atoms with van der Waals surface area (Å²) in [7, 11) is 0. The number of oxazole rings is 1. The second kappa shape index (κ2) is 9.92. The van der Waals surface area contributed by atoms with Gasteiger partial charge in [-0.15, -0.1) is 18.3 Å². The van der Waals surface area contributed by atoms with Crippen LogP contribution in [0.15, 0.2) is 82.5 Å². The van der Waals surface area contributed by atoms with Crippen LogP contribution in [0.25, 0.3) is 28.2 Å². The van der Waals surface area contributed by atoms with Crippen molar-refractivity contribution in [2.75, 3.05) is 0 Å². The minimum atomic E-state index is -4.76. The SMILES string of the molecule is O=c1n(CCCc2ccc(CF)c(-c3ncco3)c2)nc2ccc(-c3ccc(OC(F)(F)F)cc3)cn12. The molecule has 2 aromatic carbocycles. The molecule has 0 fully saturated rings. The number of ether oxygens (including phenoxy) is 1. The van der Waals surface area contributed by atoms with Gasteiger partial charge in [-0.05, 0) is 65.4 Å². The van der Waals surface area contributed by atoms with Crippen LogP contribution in [0.3, 0.4) is 0 Å². The molecule has 0 saturated heterocycles. The van der Waals surface area contributed by atoms with Gasteiger partial charge >= 0.3 is 12.1 Å². The van der Waals surface area contributed by atoms with Crippen LogP contribution >= 0.6 is 0 Å².